The Bertz CT molecular complexity index is 652. The molecule has 0 radical (unpaired) electrons. The number of rotatable bonds is 5. The zero-order valence-electron chi connectivity index (χ0n) is 12.5. The van der Waals surface area contributed by atoms with Crippen molar-refractivity contribution >= 4 is 16.9 Å². The van der Waals surface area contributed by atoms with Gasteiger partial charge in [-0.15, -0.1) is 0 Å². The second-order valence-electron chi connectivity index (χ2n) is 6.08. The Morgan fingerprint density at radius 1 is 1.32 bits per heavy atom. The number of hydrogen-bond acceptors (Lipinski definition) is 3. The molecular weight excluding hydrogens is 280 g/mol. The average Bonchev–Trinajstić information content (AvgIpc) is 2.92. The van der Waals surface area contributed by atoms with Crippen molar-refractivity contribution in [2.24, 2.45) is 0 Å². The number of H-pyrrole nitrogens is 1. The van der Waals surface area contributed by atoms with Gasteiger partial charge in [-0.3, -0.25) is 10.1 Å². The van der Waals surface area contributed by atoms with Crippen LogP contribution in [0.2, 0.25) is 0 Å². The number of carbonyl (C=O) groups is 1. The zero-order valence-corrected chi connectivity index (χ0v) is 12.5. The van der Waals surface area contributed by atoms with Gasteiger partial charge in [-0.1, -0.05) is 31.0 Å². The number of aliphatic hydroxyl groups is 1. The van der Waals surface area contributed by atoms with Crippen molar-refractivity contribution in [3.05, 3.63) is 36.0 Å². The molecule has 4 N–H and O–H groups in total. The fourth-order valence-corrected chi connectivity index (χ4v) is 3.30. The van der Waals surface area contributed by atoms with E-state index in [1.807, 2.05) is 30.5 Å². The van der Waals surface area contributed by atoms with Gasteiger partial charge in [-0.25, -0.2) is 0 Å². The minimum absolute atomic E-state index is 0.125. The average molecular weight is 302 g/mol. The van der Waals surface area contributed by atoms with Gasteiger partial charge in [0.15, 0.2) is 0 Å². The number of aliphatic carboxylic acids is 1. The lowest BCUT2D eigenvalue weighted by atomic mass is 9.91. The van der Waals surface area contributed by atoms with Crippen LogP contribution in [0.15, 0.2) is 30.5 Å². The molecule has 5 heteroatoms. The first-order valence-corrected chi connectivity index (χ1v) is 7.87. The van der Waals surface area contributed by atoms with Crippen molar-refractivity contribution in [1.82, 2.24) is 10.3 Å². The molecule has 0 spiro atoms. The molecule has 5 nitrogen and oxygen atoms in total. The van der Waals surface area contributed by atoms with Gasteiger partial charge in [0.1, 0.15) is 6.04 Å². The monoisotopic (exact) mass is 302 g/mol. The quantitative estimate of drug-likeness (QED) is 0.681. The third-order valence-corrected chi connectivity index (χ3v) is 4.54. The van der Waals surface area contributed by atoms with E-state index in [0.29, 0.717) is 6.42 Å². The first-order valence-electron chi connectivity index (χ1n) is 7.87. The predicted molar refractivity (Wildman–Crippen MR) is 84.8 cm³/mol. The topological polar surface area (TPSA) is 85.3 Å². The summed E-state index contributed by atoms with van der Waals surface area (Å²) in [5.41, 5.74) is 2.00. The molecule has 3 rings (SSSR count). The second-order valence-corrected chi connectivity index (χ2v) is 6.08. The number of nitrogens with one attached hydrogen (secondary N) is 2. The van der Waals surface area contributed by atoms with E-state index in [-0.39, 0.29) is 6.04 Å². The summed E-state index contributed by atoms with van der Waals surface area (Å²) in [4.78, 5) is 14.8. The molecule has 0 amide bonds. The van der Waals surface area contributed by atoms with Crippen LogP contribution in [0, 0.1) is 0 Å². The molecule has 118 valence electrons. The molecule has 1 saturated carbocycles. The summed E-state index contributed by atoms with van der Waals surface area (Å²) in [7, 11) is 0. The Hall–Kier alpha value is -1.85. The van der Waals surface area contributed by atoms with Crippen LogP contribution >= 0.6 is 0 Å². The van der Waals surface area contributed by atoms with Crippen LogP contribution in [0.25, 0.3) is 10.9 Å². The van der Waals surface area contributed by atoms with Gasteiger partial charge in [0.2, 0.25) is 0 Å². The van der Waals surface area contributed by atoms with E-state index in [9.17, 15) is 15.0 Å². The van der Waals surface area contributed by atoms with Crippen molar-refractivity contribution in [3.8, 4) is 0 Å². The van der Waals surface area contributed by atoms with Gasteiger partial charge in [-0.05, 0) is 24.5 Å². The molecule has 1 heterocycles. The van der Waals surface area contributed by atoms with E-state index in [0.717, 1.165) is 42.1 Å². The summed E-state index contributed by atoms with van der Waals surface area (Å²) >= 11 is 0. The number of fused-ring (bicyclic) bond motifs is 1. The van der Waals surface area contributed by atoms with Crippen LogP contribution in [0.3, 0.4) is 0 Å². The fourth-order valence-electron chi connectivity index (χ4n) is 3.30. The molecule has 1 aromatic carbocycles. The third-order valence-electron chi connectivity index (χ3n) is 4.54. The van der Waals surface area contributed by atoms with Crippen LogP contribution in [-0.2, 0) is 11.2 Å². The van der Waals surface area contributed by atoms with Crippen LogP contribution in [0.5, 0.6) is 0 Å². The summed E-state index contributed by atoms with van der Waals surface area (Å²) in [5.74, 6) is -0.872. The van der Waals surface area contributed by atoms with Crippen LogP contribution in [0.4, 0.5) is 0 Å². The summed E-state index contributed by atoms with van der Waals surface area (Å²) in [6.45, 7) is 0. The number of aromatic nitrogens is 1. The minimum atomic E-state index is -0.872. The molecule has 1 aromatic heterocycles. The molecule has 1 aliphatic carbocycles. The predicted octanol–water partition coefficient (Wildman–Crippen LogP) is 2.06. The van der Waals surface area contributed by atoms with E-state index < -0.39 is 18.1 Å². The second kappa shape index (κ2) is 6.50. The summed E-state index contributed by atoms with van der Waals surface area (Å²) in [6, 6.07) is 7.07. The number of aromatic amines is 1. The lowest BCUT2D eigenvalue weighted by molar-refractivity contribution is -0.140. The normalized spacial score (nSPS) is 23.5. The summed E-state index contributed by atoms with van der Waals surface area (Å²) in [5, 5.41) is 23.7. The van der Waals surface area contributed by atoms with Crippen LogP contribution in [-0.4, -0.2) is 39.4 Å². The Morgan fingerprint density at radius 3 is 2.86 bits per heavy atom. The van der Waals surface area contributed by atoms with E-state index in [1.54, 1.807) is 0 Å². The number of aliphatic hydroxyl groups excluding tert-OH is 1. The molecule has 1 unspecified atom stereocenters. The molecule has 1 aliphatic rings. The number of carboxylic acids is 1. The Kier molecular flexibility index (Phi) is 4.45. The molecule has 0 aliphatic heterocycles. The first kappa shape index (κ1) is 15.1. The molecule has 3 atom stereocenters. The highest BCUT2D eigenvalue weighted by molar-refractivity contribution is 5.84. The Labute approximate surface area is 129 Å². The van der Waals surface area contributed by atoms with Gasteiger partial charge in [-0.2, -0.15) is 0 Å². The summed E-state index contributed by atoms with van der Waals surface area (Å²) in [6.07, 6.45) is 5.46. The maximum atomic E-state index is 11.6. The van der Waals surface area contributed by atoms with E-state index in [1.165, 1.54) is 0 Å². The number of benzene rings is 1. The summed E-state index contributed by atoms with van der Waals surface area (Å²) < 4.78 is 0. The third kappa shape index (κ3) is 3.15. The van der Waals surface area contributed by atoms with Crippen molar-refractivity contribution < 1.29 is 15.0 Å². The van der Waals surface area contributed by atoms with Gasteiger partial charge in [0, 0.05) is 29.6 Å². The maximum Gasteiger partial charge on any atom is 0.321 e. The van der Waals surface area contributed by atoms with E-state index in [4.69, 9.17) is 0 Å². The highest BCUT2D eigenvalue weighted by Crippen LogP contribution is 2.22. The SMILES string of the molecule is O=C(O)C(Cc1c[nH]c2ccccc12)N[C@@H]1CCCC[C@H]1O. The maximum absolute atomic E-state index is 11.6. The lowest BCUT2D eigenvalue weighted by Gasteiger charge is -2.31. The zero-order chi connectivity index (χ0) is 15.5. The minimum Gasteiger partial charge on any atom is -0.480 e. The number of hydrogen-bond donors (Lipinski definition) is 4. The van der Waals surface area contributed by atoms with Crippen molar-refractivity contribution in [2.75, 3.05) is 0 Å². The largest absolute Gasteiger partial charge is 0.480 e. The van der Waals surface area contributed by atoms with Crippen molar-refractivity contribution in [1.29, 1.82) is 0 Å². The van der Waals surface area contributed by atoms with Gasteiger partial charge >= 0.3 is 5.97 Å². The van der Waals surface area contributed by atoms with Crippen molar-refractivity contribution in [2.45, 2.75) is 50.3 Å². The molecule has 0 bridgehead atoms. The van der Waals surface area contributed by atoms with Crippen molar-refractivity contribution in [3.63, 3.8) is 0 Å². The first-order chi connectivity index (χ1) is 10.6. The molecule has 1 fully saturated rings. The van der Waals surface area contributed by atoms with Gasteiger partial charge < -0.3 is 15.2 Å². The Morgan fingerprint density at radius 2 is 2.09 bits per heavy atom. The molecule has 2 aromatic rings. The van der Waals surface area contributed by atoms with E-state index in [2.05, 4.69) is 10.3 Å². The van der Waals surface area contributed by atoms with Gasteiger partial charge in [0.25, 0.3) is 0 Å². The van der Waals surface area contributed by atoms with E-state index >= 15 is 0 Å². The molecule has 0 saturated heterocycles. The highest BCUT2D eigenvalue weighted by Gasteiger charge is 2.28. The lowest BCUT2D eigenvalue weighted by Crippen LogP contribution is -2.50. The van der Waals surface area contributed by atoms with Crippen LogP contribution < -0.4 is 5.32 Å². The standard InChI is InChI=1S/C17H22N2O3/c20-16-8-4-3-7-14(16)19-15(17(21)22)9-11-10-18-13-6-2-1-5-12(11)13/h1-2,5-6,10,14-16,18-20H,3-4,7-9H2,(H,21,22)/t14-,15?,16-/m1/s1. The number of para-hydroxylation sites is 1. The highest BCUT2D eigenvalue weighted by atomic mass is 16.4. The molecular formula is C17H22N2O3. The van der Waals surface area contributed by atoms with Crippen LogP contribution in [0.1, 0.15) is 31.2 Å². The smallest absolute Gasteiger partial charge is 0.321 e. The molecule has 22 heavy (non-hydrogen) atoms. The van der Waals surface area contributed by atoms with Gasteiger partial charge in [0.05, 0.1) is 6.10 Å². The fraction of sp³-hybridized carbons (Fsp3) is 0.471. The number of carboxylic acid groups (broad SMARTS) is 1. The Balaban J connectivity index is 1.75.